The van der Waals surface area contributed by atoms with Crippen LogP contribution in [-0.2, 0) is 12.3 Å². The van der Waals surface area contributed by atoms with Crippen LogP contribution in [0.2, 0.25) is 0 Å². The largest absolute Gasteiger partial charge is 0.343 e. The summed E-state index contributed by atoms with van der Waals surface area (Å²) in [5.74, 6) is 5.95. The Kier molecular flexibility index (Phi) is 4.00. The van der Waals surface area contributed by atoms with Gasteiger partial charge in [0.15, 0.2) is 5.16 Å². The quantitative estimate of drug-likeness (QED) is 0.415. The lowest BCUT2D eigenvalue weighted by molar-refractivity contribution is 0.660. The van der Waals surface area contributed by atoms with E-state index >= 15 is 0 Å². The highest BCUT2D eigenvalue weighted by Gasteiger charge is 2.07. The number of pyridine rings is 1. The van der Waals surface area contributed by atoms with Crippen LogP contribution in [0.1, 0.15) is 12.6 Å². The fourth-order valence-corrected chi connectivity index (χ4v) is 2.39. The lowest BCUT2D eigenvalue weighted by atomic mass is 10.3. The zero-order valence-corrected chi connectivity index (χ0v) is 10.7. The first-order valence-corrected chi connectivity index (χ1v) is 6.42. The van der Waals surface area contributed by atoms with Crippen molar-refractivity contribution in [2.75, 3.05) is 5.43 Å². The van der Waals surface area contributed by atoms with Crippen LogP contribution >= 0.6 is 11.8 Å². The third-order valence-corrected chi connectivity index (χ3v) is 3.38. The summed E-state index contributed by atoms with van der Waals surface area (Å²) in [6, 6.07) is 3.64. The fourth-order valence-electron chi connectivity index (χ4n) is 1.48. The molecule has 2 aromatic rings. The van der Waals surface area contributed by atoms with Crippen LogP contribution in [0.25, 0.3) is 0 Å². The number of hydrogen-bond donors (Lipinski definition) is 3. The van der Waals surface area contributed by atoms with Gasteiger partial charge in [-0.2, -0.15) is 0 Å². The number of rotatable bonds is 5. The van der Waals surface area contributed by atoms with E-state index in [0.717, 1.165) is 11.4 Å². The molecule has 2 aromatic heterocycles. The standard InChI is InChI=1S/C10H14N6OS/c1-2-16-9(17)14-15-10(16)18-6-8-5-7(13-11)3-4-12-8/h3-5H,2,6,11H2,1H3,(H,12,13)(H,14,17). The summed E-state index contributed by atoms with van der Waals surface area (Å²) in [4.78, 5) is 15.6. The van der Waals surface area contributed by atoms with E-state index in [4.69, 9.17) is 5.84 Å². The van der Waals surface area contributed by atoms with Crippen molar-refractivity contribution >= 4 is 17.4 Å². The first-order valence-electron chi connectivity index (χ1n) is 5.44. The molecule has 0 unspecified atom stereocenters. The third-order valence-electron chi connectivity index (χ3n) is 2.37. The second kappa shape index (κ2) is 5.69. The molecule has 0 aliphatic rings. The number of nitrogens with zero attached hydrogens (tertiary/aromatic N) is 3. The van der Waals surface area contributed by atoms with Gasteiger partial charge < -0.3 is 5.43 Å². The SMILES string of the molecule is CCn1c(SCc2cc(NN)ccn2)n[nH]c1=O. The first-order chi connectivity index (χ1) is 8.74. The minimum absolute atomic E-state index is 0.190. The van der Waals surface area contributed by atoms with E-state index in [1.807, 2.05) is 13.0 Å². The molecule has 0 amide bonds. The summed E-state index contributed by atoms with van der Waals surface area (Å²) in [7, 11) is 0. The van der Waals surface area contributed by atoms with E-state index in [1.165, 1.54) is 11.8 Å². The Bertz CT molecular complexity index is 578. The predicted molar refractivity (Wildman–Crippen MR) is 70.1 cm³/mol. The van der Waals surface area contributed by atoms with Crippen molar-refractivity contribution in [3.63, 3.8) is 0 Å². The van der Waals surface area contributed by atoms with Gasteiger partial charge in [0, 0.05) is 18.5 Å². The molecule has 0 aliphatic heterocycles. The van der Waals surface area contributed by atoms with Crippen molar-refractivity contribution in [1.82, 2.24) is 19.7 Å². The van der Waals surface area contributed by atoms with Crippen LogP contribution in [0.5, 0.6) is 0 Å². The Morgan fingerprint density at radius 3 is 3.17 bits per heavy atom. The molecule has 0 atom stereocenters. The van der Waals surface area contributed by atoms with E-state index in [2.05, 4.69) is 20.6 Å². The van der Waals surface area contributed by atoms with Gasteiger partial charge in [0.2, 0.25) is 0 Å². The number of anilines is 1. The predicted octanol–water partition coefficient (Wildman–Crippen LogP) is 0.564. The van der Waals surface area contributed by atoms with E-state index in [9.17, 15) is 4.79 Å². The minimum atomic E-state index is -0.190. The van der Waals surface area contributed by atoms with Gasteiger partial charge in [-0.3, -0.25) is 15.4 Å². The number of nitrogens with two attached hydrogens (primary N) is 1. The number of nitrogen functional groups attached to an aromatic ring is 1. The lowest BCUT2D eigenvalue weighted by Crippen LogP contribution is -2.16. The summed E-state index contributed by atoms with van der Waals surface area (Å²) in [5, 5.41) is 7.06. The molecule has 0 saturated carbocycles. The number of aromatic nitrogens is 4. The van der Waals surface area contributed by atoms with Crippen LogP contribution in [-0.4, -0.2) is 19.7 Å². The molecule has 7 nitrogen and oxygen atoms in total. The third kappa shape index (κ3) is 2.71. The summed E-state index contributed by atoms with van der Waals surface area (Å²) in [5.41, 5.74) is 4.05. The van der Waals surface area contributed by atoms with Crippen molar-refractivity contribution in [3.8, 4) is 0 Å². The Hall–Kier alpha value is -1.80. The summed E-state index contributed by atoms with van der Waals surface area (Å²) < 4.78 is 1.58. The molecule has 4 N–H and O–H groups in total. The Balaban J connectivity index is 2.08. The van der Waals surface area contributed by atoms with Crippen molar-refractivity contribution < 1.29 is 0 Å². The van der Waals surface area contributed by atoms with Crippen LogP contribution in [0.4, 0.5) is 5.69 Å². The number of aromatic amines is 1. The number of hydrogen-bond acceptors (Lipinski definition) is 6. The van der Waals surface area contributed by atoms with Gasteiger partial charge >= 0.3 is 5.69 Å². The molecule has 2 rings (SSSR count). The van der Waals surface area contributed by atoms with Gasteiger partial charge in [0.1, 0.15) is 0 Å². The average molecular weight is 266 g/mol. The molecule has 96 valence electrons. The molecular weight excluding hydrogens is 252 g/mol. The van der Waals surface area contributed by atoms with Crippen molar-refractivity contribution in [2.45, 2.75) is 24.4 Å². The summed E-state index contributed by atoms with van der Waals surface area (Å²) in [6.45, 7) is 2.49. The smallest absolute Gasteiger partial charge is 0.324 e. The maximum Gasteiger partial charge on any atom is 0.343 e. The van der Waals surface area contributed by atoms with Crippen LogP contribution < -0.4 is 17.0 Å². The normalized spacial score (nSPS) is 10.6. The highest BCUT2D eigenvalue weighted by atomic mass is 32.2. The molecule has 0 radical (unpaired) electrons. The first kappa shape index (κ1) is 12.7. The molecule has 0 fully saturated rings. The second-order valence-electron chi connectivity index (χ2n) is 3.52. The molecule has 8 heteroatoms. The molecule has 0 saturated heterocycles. The van der Waals surface area contributed by atoms with Gasteiger partial charge in [-0.1, -0.05) is 11.8 Å². The van der Waals surface area contributed by atoms with Crippen LogP contribution in [0.3, 0.4) is 0 Å². The topological polar surface area (TPSA) is 102 Å². The number of thioether (sulfide) groups is 1. The zero-order valence-electron chi connectivity index (χ0n) is 9.88. The maximum absolute atomic E-state index is 11.4. The fraction of sp³-hybridized carbons (Fsp3) is 0.300. The van der Waals surface area contributed by atoms with E-state index in [0.29, 0.717) is 17.5 Å². The summed E-state index contributed by atoms with van der Waals surface area (Å²) in [6.07, 6.45) is 1.68. The highest BCUT2D eigenvalue weighted by molar-refractivity contribution is 7.98. The van der Waals surface area contributed by atoms with Crippen LogP contribution in [0.15, 0.2) is 28.3 Å². The molecule has 0 spiro atoms. The van der Waals surface area contributed by atoms with Gasteiger partial charge in [0.25, 0.3) is 0 Å². The Morgan fingerprint density at radius 1 is 1.61 bits per heavy atom. The monoisotopic (exact) mass is 266 g/mol. The van der Waals surface area contributed by atoms with Crippen LogP contribution in [0, 0.1) is 0 Å². The molecule has 2 heterocycles. The number of hydrazine groups is 1. The van der Waals surface area contributed by atoms with Crippen molar-refractivity contribution in [3.05, 3.63) is 34.5 Å². The zero-order chi connectivity index (χ0) is 13.0. The van der Waals surface area contributed by atoms with Gasteiger partial charge in [0.05, 0.1) is 11.4 Å². The second-order valence-corrected chi connectivity index (χ2v) is 4.47. The number of H-pyrrole nitrogens is 1. The molecule has 0 aliphatic carbocycles. The lowest BCUT2D eigenvalue weighted by Gasteiger charge is -2.04. The molecule has 0 bridgehead atoms. The maximum atomic E-state index is 11.4. The van der Waals surface area contributed by atoms with Crippen molar-refractivity contribution in [2.24, 2.45) is 5.84 Å². The number of nitrogens with one attached hydrogen (secondary N) is 2. The van der Waals surface area contributed by atoms with Gasteiger partial charge in [-0.15, -0.1) is 5.10 Å². The van der Waals surface area contributed by atoms with Gasteiger partial charge in [-0.25, -0.2) is 9.89 Å². The highest BCUT2D eigenvalue weighted by Crippen LogP contribution is 2.19. The molecule has 0 aromatic carbocycles. The van der Waals surface area contributed by atoms with Crippen molar-refractivity contribution in [1.29, 1.82) is 0 Å². The minimum Gasteiger partial charge on any atom is -0.324 e. The molecule has 18 heavy (non-hydrogen) atoms. The summed E-state index contributed by atoms with van der Waals surface area (Å²) >= 11 is 1.45. The van der Waals surface area contributed by atoms with E-state index < -0.39 is 0 Å². The van der Waals surface area contributed by atoms with E-state index in [1.54, 1.807) is 16.8 Å². The van der Waals surface area contributed by atoms with Gasteiger partial charge in [-0.05, 0) is 19.1 Å². The van der Waals surface area contributed by atoms with E-state index in [-0.39, 0.29) is 5.69 Å². The average Bonchev–Trinajstić information content (AvgIpc) is 2.77. The Labute approximate surface area is 108 Å². The molecular formula is C10H14N6OS. The Morgan fingerprint density at radius 2 is 2.44 bits per heavy atom.